The number of rotatable bonds is 7. The van der Waals surface area contributed by atoms with Gasteiger partial charge in [0.1, 0.15) is 12.4 Å². The third kappa shape index (κ3) is 5.86. The van der Waals surface area contributed by atoms with E-state index < -0.39 is 0 Å². The lowest BCUT2D eigenvalue weighted by molar-refractivity contribution is -0.0168. The number of aromatic nitrogens is 1. The summed E-state index contributed by atoms with van der Waals surface area (Å²) >= 11 is 0. The first kappa shape index (κ1) is 21.9. The van der Waals surface area contributed by atoms with Crippen molar-refractivity contribution in [2.24, 2.45) is 0 Å². The summed E-state index contributed by atoms with van der Waals surface area (Å²) in [5, 5.41) is 0. The fourth-order valence-electron chi connectivity index (χ4n) is 3.31. The first-order chi connectivity index (χ1) is 14.4. The third-order valence-corrected chi connectivity index (χ3v) is 4.84. The number of anilines is 1. The highest BCUT2D eigenvalue weighted by atomic mass is 16.5. The lowest BCUT2D eigenvalue weighted by atomic mass is 10.2. The average Bonchev–Trinajstić information content (AvgIpc) is 2.76. The van der Waals surface area contributed by atoms with E-state index in [9.17, 15) is 4.79 Å². The number of carbonyl (C=O) groups is 1. The van der Waals surface area contributed by atoms with Gasteiger partial charge in [0.15, 0.2) is 0 Å². The van der Waals surface area contributed by atoms with Crippen LogP contribution in [0.3, 0.4) is 0 Å². The van der Waals surface area contributed by atoms with E-state index in [0.29, 0.717) is 37.7 Å². The molecule has 1 saturated heterocycles. The number of piperazine rings is 1. The first-order valence-electron chi connectivity index (χ1n) is 10.3. The fraction of sp³-hybridized carbons (Fsp3) is 0.478. The lowest BCUT2D eigenvalue weighted by Gasteiger charge is -2.36. The summed E-state index contributed by atoms with van der Waals surface area (Å²) < 4.78 is 16.7. The van der Waals surface area contributed by atoms with Gasteiger partial charge in [-0.2, -0.15) is 0 Å². The van der Waals surface area contributed by atoms with E-state index in [1.54, 1.807) is 25.4 Å². The summed E-state index contributed by atoms with van der Waals surface area (Å²) in [5.74, 6) is 1.33. The maximum Gasteiger partial charge on any atom is 0.255 e. The first-order valence-corrected chi connectivity index (χ1v) is 10.3. The predicted octanol–water partition coefficient (Wildman–Crippen LogP) is 3.25. The van der Waals surface area contributed by atoms with E-state index in [-0.39, 0.29) is 11.5 Å². The predicted molar refractivity (Wildman–Crippen MR) is 117 cm³/mol. The molecule has 0 N–H and O–H groups in total. The van der Waals surface area contributed by atoms with Crippen molar-refractivity contribution in [1.29, 1.82) is 0 Å². The molecule has 0 bridgehead atoms. The number of hydrogen-bond donors (Lipinski definition) is 0. The van der Waals surface area contributed by atoms with E-state index >= 15 is 0 Å². The summed E-state index contributed by atoms with van der Waals surface area (Å²) in [6.45, 7) is 9.73. The van der Waals surface area contributed by atoms with E-state index in [1.165, 1.54) is 0 Å². The van der Waals surface area contributed by atoms with Crippen LogP contribution >= 0.6 is 0 Å². The molecular formula is C23H31N3O4. The van der Waals surface area contributed by atoms with Gasteiger partial charge < -0.3 is 24.0 Å². The average molecular weight is 414 g/mol. The van der Waals surface area contributed by atoms with Crippen molar-refractivity contribution < 1.29 is 19.0 Å². The zero-order valence-corrected chi connectivity index (χ0v) is 18.3. The van der Waals surface area contributed by atoms with Crippen LogP contribution < -0.4 is 14.4 Å². The Morgan fingerprint density at radius 2 is 1.77 bits per heavy atom. The van der Waals surface area contributed by atoms with E-state index in [4.69, 9.17) is 14.2 Å². The largest absolute Gasteiger partial charge is 0.495 e. The monoisotopic (exact) mass is 413 g/mol. The smallest absolute Gasteiger partial charge is 0.255 e. The third-order valence-electron chi connectivity index (χ3n) is 4.84. The second kappa shape index (κ2) is 9.80. The molecule has 30 heavy (non-hydrogen) atoms. The molecule has 0 aliphatic carbocycles. The van der Waals surface area contributed by atoms with Gasteiger partial charge in [-0.3, -0.25) is 4.79 Å². The maximum absolute atomic E-state index is 12.8. The second-order valence-corrected chi connectivity index (χ2v) is 8.15. The molecule has 0 saturated carbocycles. The van der Waals surface area contributed by atoms with Crippen LogP contribution in [0.4, 0.5) is 5.69 Å². The highest BCUT2D eigenvalue weighted by Crippen LogP contribution is 2.28. The van der Waals surface area contributed by atoms with Crippen molar-refractivity contribution in [1.82, 2.24) is 9.88 Å². The molecule has 7 heteroatoms. The Labute approximate surface area is 178 Å². The molecule has 2 heterocycles. The molecule has 0 atom stereocenters. The molecule has 1 aliphatic rings. The van der Waals surface area contributed by atoms with Crippen LogP contribution in [-0.4, -0.2) is 67.9 Å². The highest BCUT2D eigenvalue weighted by molar-refractivity contribution is 5.94. The van der Waals surface area contributed by atoms with Gasteiger partial charge in [0, 0.05) is 38.4 Å². The van der Waals surface area contributed by atoms with Crippen molar-refractivity contribution in [3.05, 3.63) is 48.2 Å². The maximum atomic E-state index is 12.8. The summed E-state index contributed by atoms with van der Waals surface area (Å²) in [7, 11) is 1.68. The molecule has 2 aromatic rings. The zero-order valence-electron chi connectivity index (χ0n) is 18.3. The van der Waals surface area contributed by atoms with E-state index in [0.717, 1.165) is 24.5 Å². The number of benzene rings is 1. The second-order valence-electron chi connectivity index (χ2n) is 8.15. The number of carbonyl (C=O) groups excluding carboxylic acids is 1. The number of methoxy groups -OCH3 is 1. The van der Waals surface area contributed by atoms with Crippen molar-refractivity contribution in [2.45, 2.75) is 26.4 Å². The SMILES string of the molecule is COc1ccccc1N1CCN(C(=O)c2ccc(OCCOC(C)(C)C)nc2)CC1. The molecule has 7 nitrogen and oxygen atoms in total. The van der Waals surface area contributed by atoms with Crippen LogP contribution in [0.1, 0.15) is 31.1 Å². The van der Waals surface area contributed by atoms with Gasteiger partial charge in [0.05, 0.1) is 30.6 Å². The molecule has 1 amide bonds. The van der Waals surface area contributed by atoms with Gasteiger partial charge in [0.2, 0.25) is 5.88 Å². The van der Waals surface area contributed by atoms with Gasteiger partial charge in [0.25, 0.3) is 5.91 Å². The Hall–Kier alpha value is -2.80. The fourth-order valence-corrected chi connectivity index (χ4v) is 3.31. The topological polar surface area (TPSA) is 64.1 Å². The van der Waals surface area contributed by atoms with Gasteiger partial charge in [-0.15, -0.1) is 0 Å². The Bertz CT molecular complexity index is 825. The van der Waals surface area contributed by atoms with Gasteiger partial charge in [-0.1, -0.05) is 12.1 Å². The summed E-state index contributed by atoms with van der Waals surface area (Å²) in [4.78, 5) is 21.2. The van der Waals surface area contributed by atoms with Crippen molar-refractivity contribution in [3.8, 4) is 11.6 Å². The minimum Gasteiger partial charge on any atom is -0.495 e. The number of ether oxygens (including phenoxy) is 3. The van der Waals surface area contributed by atoms with Crippen LogP contribution in [0.15, 0.2) is 42.6 Å². The minimum atomic E-state index is -0.192. The Kier molecular flexibility index (Phi) is 7.15. The van der Waals surface area contributed by atoms with Crippen LogP contribution in [0, 0.1) is 0 Å². The van der Waals surface area contributed by atoms with Crippen LogP contribution in [-0.2, 0) is 4.74 Å². The van der Waals surface area contributed by atoms with Gasteiger partial charge >= 0.3 is 0 Å². The van der Waals surface area contributed by atoms with Crippen LogP contribution in [0.5, 0.6) is 11.6 Å². The van der Waals surface area contributed by atoms with Crippen molar-refractivity contribution in [3.63, 3.8) is 0 Å². The number of hydrogen-bond acceptors (Lipinski definition) is 6. The molecule has 1 aromatic carbocycles. The molecular weight excluding hydrogens is 382 g/mol. The van der Waals surface area contributed by atoms with Crippen LogP contribution in [0.2, 0.25) is 0 Å². The normalized spacial score (nSPS) is 14.5. The van der Waals surface area contributed by atoms with Gasteiger partial charge in [-0.25, -0.2) is 4.98 Å². The molecule has 1 fully saturated rings. The summed E-state index contributed by atoms with van der Waals surface area (Å²) in [6, 6.07) is 11.5. The standard InChI is InChI=1S/C23H31N3O4/c1-23(2,3)30-16-15-29-21-10-9-18(17-24-21)22(27)26-13-11-25(12-14-26)19-7-5-6-8-20(19)28-4/h5-10,17H,11-16H2,1-4H3. The number of nitrogens with zero attached hydrogens (tertiary/aromatic N) is 3. The summed E-state index contributed by atoms with van der Waals surface area (Å²) in [6.07, 6.45) is 1.58. The number of amides is 1. The molecule has 0 radical (unpaired) electrons. The minimum absolute atomic E-state index is 0.00945. The highest BCUT2D eigenvalue weighted by Gasteiger charge is 2.24. The quantitative estimate of drug-likeness (QED) is 0.650. The number of para-hydroxylation sites is 2. The van der Waals surface area contributed by atoms with Crippen molar-refractivity contribution >= 4 is 11.6 Å². The molecule has 3 rings (SSSR count). The Balaban J connectivity index is 1.50. The van der Waals surface area contributed by atoms with Gasteiger partial charge in [-0.05, 0) is 39.0 Å². The number of pyridine rings is 1. The van der Waals surface area contributed by atoms with Crippen molar-refractivity contribution in [2.75, 3.05) is 51.4 Å². The summed E-state index contributed by atoms with van der Waals surface area (Å²) in [5.41, 5.74) is 1.44. The Morgan fingerprint density at radius 3 is 2.40 bits per heavy atom. The molecule has 162 valence electrons. The van der Waals surface area contributed by atoms with E-state index in [1.807, 2.05) is 49.9 Å². The van der Waals surface area contributed by atoms with Crippen LogP contribution in [0.25, 0.3) is 0 Å². The molecule has 1 aromatic heterocycles. The molecule has 0 unspecified atom stereocenters. The molecule has 1 aliphatic heterocycles. The Morgan fingerprint density at radius 1 is 1.03 bits per heavy atom. The lowest BCUT2D eigenvalue weighted by Crippen LogP contribution is -2.48. The van der Waals surface area contributed by atoms with E-state index in [2.05, 4.69) is 9.88 Å². The molecule has 0 spiro atoms. The zero-order chi connectivity index (χ0) is 21.6.